The Balaban J connectivity index is 1.50. The van der Waals surface area contributed by atoms with Gasteiger partial charge in [0.05, 0.1) is 27.4 Å². The van der Waals surface area contributed by atoms with Crippen molar-refractivity contribution in [3.8, 4) is 0 Å². The van der Waals surface area contributed by atoms with Gasteiger partial charge in [0.2, 0.25) is 0 Å². The van der Waals surface area contributed by atoms with Gasteiger partial charge in [-0.15, -0.1) is 0 Å². The molecule has 5 rings (SSSR count). The maximum Gasteiger partial charge on any atom is 0.307 e. The number of thioether (sulfide) groups is 1. The van der Waals surface area contributed by atoms with E-state index in [1.165, 1.54) is 10.2 Å². The van der Waals surface area contributed by atoms with E-state index in [9.17, 15) is 18.0 Å². The number of hydrogen-bond acceptors (Lipinski definition) is 6. The number of benzene rings is 3. The first kappa shape index (κ1) is 24.5. The van der Waals surface area contributed by atoms with Gasteiger partial charge in [-0.2, -0.15) is 0 Å². The van der Waals surface area contributed by atoms with Gasteiger partial charge in [-0.1, -0.05) is 48.0 Å². The van der Waals surface area contributed by atoms with Gasteiger partial charge in [-0.05, 0) is 60.7 Å². The number of aromatic nitrogens is 1. The van der Waals surface area contributed by atoms with Gasteiger partial charge in [0.25, 0.3) is 15.9 Å². The van der Waals surface area contributed by atoms with Crippen molar-refractivity contribution in [1.29, 1.82) is 0 Å². The van der Waals surface area contributed by atoms with E-state index in [-0.39, 0.29) is 17.2 Å². The second kappa shape index (κ2) is 9.72. The van der Waals surface area contributed by atoms with E-state index in [0.717, 1.165) is 17.3 Å². The molecule has 2 heterocycles. The molecule has 10 heteroatoms. The first-order valence-corrected chi connectivity index (χ1v) is 13.5. The van der Waals surface area contributed by atoms with Crippen molar-refractivity contribution < 1.29 is 23.1 Å². The van der Waals surface area contributed by atoms with Crippen LogP contribution in [0.1, 0.15) is 16.7 Å². The van der Waals surface area contributed by atoms with Gasteiger partial charge in [0.1, 0.15) is 0 Å². The second-order valence-electron chi connectivity index (χ2n) is 8.44. The van der Waals surface area contributed by atoms with Crippen LogP contribution in [0.25, 0.3) is 17.0 Å². The molecule has 1 aromatic heterocycles. The van der Waals surface area contributed by atoms with Gasteiger partial charge in [0.15, 0.2) is 5.17 Å². The summed E-state index contributed by atoms with van der Waals surface area (Å²) in [5.41, 5.74) is 3.15. The average molecular weight is 532 g/mol. The molecule has 0 radical (unpaired) electrons. The molecule has 1 saturated heterocycles. The molecule has 0 bridgehead atoms. The zero-order valence-corrected chi connectivity index (χ0v) is 21.2. The second-order valence-corrected chi connectivity index (χ2v) is 11.3. The Morgan fingerprint density at radius 2 is 1.84 bits per heavy atom. The van der Waals surface area contributed by atoms with Crippen molar-refractivity contribution in [2.24, 2.45) is 4.99 Å². The van der Waals surface area contributed by atoms with Crippen LogP contribution in [0.2, 0.25) is 0 Å². The van der Waals surface area contributed by atoms with E-state index in [1.807, 2.05) is 19.1 Å². The first-order valence-electron chi connectivity index (χ1n) is 11.2. The van der Waals surface area contributed by atoms with Gasteiger partial charge < -0.3 is 10.4 Å². The number of carbonyl (C=O) groups excluding carboxylic acids is 1. The monoisotopic (exact) mass is 531 g/mol. The van der Waals surface area contributed by atoms with Crippen LogP contribution in [-0.2, 0) is 26.0 Å². The molecule has 0 atom stereocenters. The minimum Gasteiger partial charge on any atom is -0.481 e. The molecule has 3 aromatic carbocycles. The number of carbonyl (C=O) groups is 2. The van der Waals surface area contributed by atoms with Crippen molar-refractivity contribution in [2.45, 2.75) is 18.2 Å². The predicted octanol–water partition coefficient (Wildman–Crippen LogP) is 4.71. The smallest absolute Gasteiger partial charge is 0.307 e. The predicted molar refractivity (Wildman–Crippen MR) is 144 cm³/mol. The normalized spacial score (nSPS) is 16.0. The number of aryl methyl sites for hydroxylation is 1. The maximum atomic E-state index is 13.4. The number of hydrogen-bond donors (Lipinski definition) is 2. The van der Waals surface area contributed by atoms with Crippen molar-refractivity contribution >= 4 is 61.5 Å². The number of carboxylic acids is 1. The Hall–Kier alpha value is -4.15. The number of fused-ring (bicyclic) bond motifs is 1. The van der Waals surface area contributed by atoms with E-state index >= 15 is 0 Å². The molecule has 1 amide bonds. The van der Waals surface area contributed by atoms with Crippen molar-refractivity contribution in [1.82, 2.24) is 9.29 Å². The Kier molecular flexibility index (Phi) is 6.45. The molecule has 37 heavy (non-hydrogen) atoms. The first-order chi connectivity index (χ1) is 17.7. The number of nitrogens with one attached hydrogen (secondary N) is 1. The number of aliphatic imine (C=N–C) groups is 1. The Bertz CT molecular complexity index is 1720. The van der Waals surface area contributed by atoms with Crippen LogP contribution in [0.15, 0.2) is 93.8 Å². The quantitative estimate of drug-likeness (QED) is 0.348. The lowest BCUT2D eigenvalue weighted by molar-refractivity contribution is -0.136. The third kappa shape index (κ3) is 5.07. The summed E-state index contributed by atoms with van der Waals surface area (Å²) in [6, 6.07) is 20.5. The van der Waals surface area contributed by atoms with Crippen LogP contribution in [-0.4, -0.2) is 34.5 Å². The largest absolute Gasteiger partial charge is 0.481 e. The van der Waals surface area contributed by atoms with Gasteiger partial charge >= 0.3 is 5.97 Å². The van der Waals surface area contributed by atoms with Crippen molar-refractivity contribution in [2.75, 3.05) is 0 Å². The van der Waals surface area contributed by atoms with Gasteiger partial charge in [0, 0.05) is 17.1 Å². The molecule has 1 aliphatic rings. The standard InChI is InChI=1S/C27H21N3O5S2/c1-17-9-11-21(12-10-17)37(34,35)30-16-19(22-7-2-3-8-23(22)30)15-24-26(33)29-27(36-24)28-20-6-4-5-18(13-20)14-25(31)32/h2-13,15-16H,14H2,1H3,(H,31,32)(H,28,29,33). The fraction of sp³-hybridized carbons (Fsp3) is 0.0741. The molecule has 1 aliphatic heterocycles. The van der Waals surface area contributed by atoms with E-state index in [4.69, 9.17) is 5.11 Å². The summed E-state index contributed by atoms with van der Waals surface area (Å²) in [5, 5.41) is 12.8. The van der Waals surface area contributed by atoms with Crippen LogP contribution >= 0.6 is 11.8 Å². The molecule has 186 valence electrons. The summed E-state index contributed by atoms with van der Waals surface area (Å²) in [4.78, 5) is 28.7. The highest BCUT2D eigenvalue weighted by molar-refractivity contribution is 8.18. The Morgan fingerprint density at radius 1 is 1.08 bits per heavy atom. The van der Waals surface area contributed by atoms with Crippen LogP contribution in [0, 0.1) is 6.92 Å². The SMILES string of the molecule is Cc1ccc(S(=O)(=O)n2cc(C=C3SC(=Nc4cccc(CC(=O)O)c4)NC3=O)c3ccccc32)cc1. The Morgan fingerprint density at radius 3 is 2.59 bits per heavy atom. The van der Waals surface area contributed by atoms with Crippen molar-refractivity contribution in [3.05, 3.63) is 101 Å². The third-order valence-electron chi connectivity index (χ3n) is 5.72. The summed E-state index contributed by atoms with van der Waals surface area (Å²) in [7, 11) is -3.86. The minimum atomic E-state index is -3.86. The molecular formula is C27H21N3O5S2. The van der Waals surface area contributed by atoms with E-state index in [0.29, 0.717) is 37.8 Å². The van der Waals surface area contributed by atoms with E-state index < -0.39 is 16.0 Å². The number of amides is 1. The lowest BCUT2D eigenvalue weighted by Gasteiger charge is -2.07. The topological polar surface area (TPSA) is 118 Å². The summed E-state index contributed by atoms with van der Waals surface area (Å²) >= 11 is 1.13. The van der Waals surface area contributed by atoms with Crippen LogP contribution in [0.5, 0.6) is 0 Å². The number of amidine groups is 1. The molecule has 1 fully saturated rings. The zero-order valence-electron chi connectivity index (χ0n) is 19.6. The minimum absolute atomic E-state index is 0.126. The van der Waals surface area contributed by atoms with Gasteiger partial charge in [-0.25, -0.2) is 17.4 Å². The van der Waals surface area contributed by atoms with Crippen LogP contribution in [0.4, 0.5) is 5.69 Å². The number of aliphatic carboxylic acids is 1. The van der Waals surface area contributed by atoms with Gasteiger partial charge in [-0.3, -0.25) is 9.59 Å². The molecule has 2 N–H and O–H groups in total. The highest BCUT2D eigenvalue weighted by Gasteiger charge is 2.26. The highest BCUT2D eigenvalue weighted by atomic mass is 32.2. The fourth-order valence-electron chi connectivity index (χ4n) is 3.96. The number of rotatable bonds is 6. The number of para-hydroxylation sites is 1. The molecule has 0 spiro atoms. The molecular weight excluding hydrogens is 510 g/mol. The lowest BCUT2D eigenvalue weighted by atomic mass is 10.1. The van der Waals surface area contributed by atoms with Crippen LogP contribution < -0.4 is 5.32 Å². The lowest BCUT2D eigenvalue weighted by Crippen LogP contribution is -2.19. The summed E-state index contributed by atoms with van der Waals surface area (Å²) < 4.78 is 28.1. The molecule has 0 saturated carbocycles. The number of carboxylic acid groups (broad SMARTS) is 1. The molecule has 8 nitrogen and oxygen atoms in total. The third-order valence-corrected chi connectivity index (χ3v) is 8.32. The fourth-order valence-corrected chi connectivity index (χ4v) is 6.17. The zero-order chi connectivity index (χ0) is 26.2. The maximum absolute atomic E-state index is 13.4. The molecule has 0 unspecified atom stereocenters. The van der Waals surface area contributed by atoms with E-state index in [1.54, 1.807) is 66.7 Å². The molecule has 0 aliphatic carbocycles. The molecule has 4 aromatic rings. The summed E-state index contributed by atoms with van der Waals surface area (Å²) in [6.07, 6.45) is 3.04. The Labute approximate surface area is 217 Å². The van der Waals surface area contributed by atoms with E-state index in [2.05, 4.69) is 10.3 Å². The number of nitrogens with zero attached hydrogens (tertiary/aromatic N) is 2. The summed E-state index contributed by atoms with van der Waals surface area (Å²) in [5.74, 6) is -1.30. The van der Waals surface area contributed by atoms with Crippen LogP contribution in [0.3, 0.4) is 0 Å². The highest BCUT2D eigenvalue weighted by Crippen LogP contribution is 2.32. The summed E-state index contributed by atoms with van der Waals surface area (Å²) in [6.45, 7) is 1.89. The van der Waals surface area contributed by atoms with Crippen molar-refractivity contribution in [3.63, 3.8) is 0 Å². The average Bonchev–Trinajstić information content (AvgIpc) is 3.40.